The lowest BCUT2D eigenvalue weighted by Gasteiger charge is -2.35. The zero-order chi connectivity index (χ0) is 24.0. The van der Waals surface area contributed by atoms with E-state index in [9.17, 15) is 18.8 Å². The number of aryl methyl sites for hydroxylation is 1. The van der Waals surface area contributed by atoms with Crippen LogP contribution < -0.4 is 4.90 Å². The second kappa shape index (κ2) is 8.79. The molecular formula is C25H23FN2O5S. The summed E-state index contributed by atoms with van der Waals surface area (Å²) in [5.74, 6) is -1.85. The summed E-state index contributed by atoms with van der Waals surface area (Å²) in [4.78, 5) is 45.8. The number of ether oxygens (including phenoxy) is 2. The quantitative estimate of drug-likeness (QED) is 0.463. The van der Waals surface area contributed by atoms with Crippen LogP contribution in [0, 0.1) is 18.7 Å². The molecule has 0 N–H and O–H groups in total. The van der Waals surface area contributed by atoms with E-state index in [2.05, 4.69) is 11.6 Å². The molecule has 5 rings (SSSR count). The second-order valence-electron chi connectivity index (χ2n) is 8.58. The largest absolute Gasteiger partial charge is 0.483 e. The van der Waals surface area contributed by atoms with Crippen LogP contribution in [0.3, 0.4) is 0 Å². The number of esters is 1. The first-order valence-corrected chi connectivity index (χ1v) is 12.0. The number of nitrogens with zero attached hydrogens (tertiary/aromatic N) is 2. The number of amides is 1. The Morgan fingerprint density at radius 3 is 2.76 bits per heavy atom. The summed E-state index contributed by atoms with van der Waals surface area (Å²) in [7, 11) is 0. The molecule has 176 valence electrons. The van der Waals surface area contributed by atoms with Crippen molar-refractivity contribution >= 4 is 34.1 Å². The Labute approximate surface area is 199 Å². The monoisotopic (exact) mass is 482 g/mol. The third-order valence-corrected chi connectivity index (χ3v) is 7.59. The van der Waals surface area contributed by atoms with Gasteiger partial charge in [0.25, 0.3) is 5.91 Å². The third kappa shape index (κ3) is 3.64. The Hall–Kier alpha value is -3.33. The van der Waals surface area contributed by atoms with Crippen molar-refractivity contribution in [2.24, 2.45) is 5.92 Å². The first-order valence-electron chi connectivity index (χ1n) is 11.2. The highest BCUT2D eigenvalue weighted by molar-refractivity contribution is 7.17. The number of Topliss-reactive ketones (excluding diaryl/α,β-unsaturated/α-hetero) is 1. The molecule has 0 radical (unpaired) electrons. The van der Waals surface area contributed by atoms with Gasteiger partial charge in [-0.3, -0.25) is 14.5 Å². The Morgan fingerprint density at radius 1 is 1.29 bits per heavy atom. The normalized spacial score (nSPS) is 23.9. The van der Waals surface area contributed by atoms with Crippen molar-refractivity contribution in [3.63, 3.8) is 0 Å². The summed E-state index contributed by atoms with van der Waals surface area (Å²) in [6.07, 6.45) is 4.44. The van der Waals surface area contributed by atoms with Crippen LogP contribution in [0.5, 0.6) is 0 Å². The van der Waals surface area contributed by atoms with Gasteiger partial charge in [0.15, 0.2) is 16.7 Å². The number of benzene rings is 1. The van der Waals surface area contributed by atoms with Gasteiger partial charge >= 0.3 is 5.97 Å². The molecule has 3 heterocycles. The van der Waals surface area contributed by atoms with Gasteiger partial charge in [-0.05, 0) is 43.9 Å². The molecule has 9 heteroatoms. The van der Waals surface area contributed by atoms with E-state index < -0.39 is 23.7 Å². The summed E-state index contributed by atoms with van der Waals surface area (Å²) in [5.41, 5.74) is 1.25. The highest BCUT2D eigenvalue weighted by atomic mass is 32.1. The number of aromatic nitrogens is 1. The minimum Gasteiger partial charge on any atom is -0.483 e. The lowest BCUT2D eigenvalue weighted by molar-refractivity contribution is -0.131. The Bertz CT molecular complexity index is 1220. The molecule has 0 bridgehead atoms. The van der Waals surface area contributed by atoms with Gasteiger partial charge in [-0.1, -0.05) is 42.5 Å². The average Bonchev–Trinajstić information content (AvgIpc) is 3.36. The molecule has 1 aromatic carbocycles. The van der Waals surface area contributed by atoms with E-state index in [1.807, 2.05) is 0 Å². The number of rotatable bonds is 5. The smallest absolute Gasteiger partial charge is 0.350 e. The molecule has 7 nitrogen and oxygen atoms in total. The molecule has 1 aliphatic carbocycles. The molecule has 1 aromatic heterocycles. The average molecular weight is 483 g/mol. The Kier molecular flexibility index (Phi) is 5.81. The van der Waals surface area contributed by atoms with Crippen molar-refractivity contribution in [2.75, 3.05) is 11.5 Å². The fourth-order valence-electron chi connectivity index (χ4n) is 4.88. The van der Waals surface area contributed by atoms with Crippen molar-refractivity contribution in [3.8, 4) is 0 Å². The molecule has 1 fully saturated rings. The first kappa shape index (κ1) is 22.5. The maximum absolute atomic E-state index is 13.7. The van der Waals surface area contributed by atoms with Crippen molar-refractivity contribution < 1.29 is 28.2 Å². The maximum Gasteiger partial charge on any atom is 0.350 e. The standard InChI is InChI=1S/C25H23FN2O5S/c1-3-12-32-24(31)22-13(2)27-25(34-22)28-19(14-8-10-15(26)11-9-14)18-20(29)16-6-4-5-7-17(16)33-21(18)23(28)30/h3,8-11,16-17,19H,1,4-7,12H2,2H3. The first-order chi connectivity index (χ1) is 16.4. The van der Waals surface area contributed by atoms with E-state index in [-0.39, 0.29) is 45.8 Å². The molecule has 1 saturated carbocycles. The molecule has 3 atom stereocenters. The number of hydrogen-bond donors (Lipinski definition) is 0. The molecule has 1 amide bonds. The van der Waals surface area contributed by atoms with E-state index in [4.69, 9.17) is 9.47 Å². The number of halogens is 1. The topological polar surface area (TPSA) is 85.8 Å². The molecule has 2 aromatic rings. The van der Waals surface area contributed by atoms with Gasteiger partial charge in [-0.2, -0.15) is 0 Å². The maximum atomic E-state index is 13.7. The SMILES string of the molecule is C=CCOC(=O)c1sc(N2C(=O)C3=C(C(=O)C4CCCCC4O3)C2c2ccc(F)cc2)nc1C. The summed E-state index contributed by atoms with van der Waals surface area (Å²) in [5, 5.41) is 0.246. The van der Waals surface area contributed by atoms with Crippen molar-refractivity contribution in [3.05, 3.63) is 70.2 Å². The van der Waals surface area contributed by atoms with Crippen molar-refractivity contribution in [2.45, 2.75) is 44.8 Å². The van der Waals surface area contributed by atoms with Crippen LogP contribution in [0.15, 0.2) is 48.3 Å². The molecule has 34 heavy (non-hydrogen) atoms. The summed E-state index contributed by atoms with van der Waals surface area (Å²) >= 11 is 1.01. The number of anilines is 1. The number of ketones is 1. The molecule has 0 saturated heterocycles. The predicted octanol–water partition coefficient (Wildman–Crippen LogP) is 4.43. The van der Waals surface area contributed by atoms with Gasteiger partial charge in [0.05, 0.1) is 23.2 Å². The number of carbonyl (C=O) groups excluding carboxylic acids is 3. The molecule has 0 spiro atoms. The molecular weight excluding hydrogens is 459 g/mol. The van der Waals surface area contributed by atoms with Crippen LogP contribution in [0.1, 0.15) is 52.7 Å². The Balaban J connectivity index is 1.60. The van der Waals surface area contributed by atoms with Crippen molar-refractivity contribution in [1.29, 1.82) is 0 Å². The van der Waals surface area contributed by atoms with Gasteiger partial charge in [0.1, 0.15) is 23.4 Å². The van der Waals surface area contributed by atoms with Crippen LogP contribution in [0.4, 0.5) is 9.52 Å². The van der Waals surface area contributed by atoms with Gasteiger partial charge in [0.2, 0.25) is 0 Å². The molecule has 3 aliphatic rings. The van der Waals surface area contributed by atoms with E-state index in [0.717, 1.165) is 30.6 Å². The highest BCUT2D eigenvalue weighted by Crippen LogP contribution is 2.49. The van der Waals surface area contributed by atoms with Crippen LogP contribution in [-0.2, 0) is 19.1 Å². The minimum atomic E-state index is -0.818. The lowest BCUT2D eigenvalue weighted by atomic mass is 9.77. The van der Waals surface area contributed by atoms with E-state index >= 15 is 0 Å². The summed E-state index contributed by atoms with van der Waals surface area (Å²) in [6.45, 7) is 5.24. The van der Waals surface area contributed by atoms with Gasteiger partial charge < -0.3 is 9.47 Å². The van der Waals surface area contributed by atoms with E-state index in [1.54, 1.807) is 19.1 Å². The van der Waals surface area contributed by atoms with Gasteiger partial charge in [-0.25, -0.2) is 14.2 Å². The minimum absolute atomic E-state index is 0.0334. The van der Waals surface area contributed by atoms with Crippen LogP contribution >= 0.6 is 11.3 Å². The van der Waals surface area contributed by atoms with E-state index in [1.165, 1.54) is 23.1 Å². The predicted molar refractivity (Wildman–Crippen MR) is 123 cm³/mol. The van der Waals surface area contributed by atoms with Crippen LogP contribution in [0.2, 0.25) is 0 Å². The van der Waals surface area contributed by atoms with Crippen molar-refractivity contribution in [1.82, 2.24) is 4.98 Å². The highest BCUT2D eigenvalue weighted by Gasteiger charge is 2.53. The van der Waals surface area contributed by atoms with E-state index in [0.29, 0.717) is 17.7 Å². The zero-order valence-corrected chi connectivity index (χ0v) is 19.4. The number of fused-ring (bicyclic) bond motifs is 1. The zero-order valence-electron chi connectivity index (χ0n) is 18.6. The second-order valence-corrected chi connectivity index (χ2v) is 9.56. The Morgan fingerprint density at radius 2 is 2.03 bits per heavy atom. The number of hydrogen-bond acceptors (Lipinski definition) is 7. The van der Waals surface area contributed by atoms with Crippen LogP contribution in [0.25, 0.3) is 0 Å². The molecule has 3 unspecified atom stereocenters. The van der Waals surface area contributed by atoms with Crippen LogP contribution in [-0.4, -0.2) is 35.4 Å². The fourth-order valence-corrected chi connectivity index (χ4v) is 5.86. The summed E-state index contributed by atoms with van der Waals surface area (Å²) < 4.78 is 25.0. The number of carbonyl (C=O) groups is 3. The number of thiazole rings is 1. The third-order valence-electron chi connectivity index (χ3n) is 6.46. The fraction of sp³-hybridized carbons (Fsp3) is 0.360. The van der Waals surface area contributed by atoms with Gasteiger partial charge in [-0.15, -0.1) is 0 Å². The lowest BCUT2D eigenvalue weighted by Crippen LogP contribution is -2.39. The van der Waals surface area contributed by atoms with Gasteiger partial charge in [0, 0.05) is 0 Å². The summed E-state index contributed by atoms with van der Waals surface area (Å²) in [6, 6.07) is 4.87. The molecule has 2 aliphatic heterocycles.